The molecule has 0 saturated carbocycles. The first-order valence-electron chi connectivity index (χ1n) is 7.68. The molecule has 0 spiro atoms. The monoisotopic (exact) mass is 291 g/mol. The van der Waals surface area contributed by atoms with E-state index >= 15 is 0 Å². The molecule has 0 aliphatic carbocycles. The van der Waals surface area contributed by atoms with Crippen LogP contribution in [0, 0.1) is 0 Å². The first-order valence-corrected chi connectivity index (χ1v) is 7.68. The van der Waals surface area contributed by atoms with Crippen LogP contribution in [0.5, 0.6) is 5.75 Å². The average molecular weight is 291 g/mol. The van der Waals surface area contributed by atoms with Crippen LogP contribution in [0.4, 0.5) is 0 Å². The summed E-state index contributed by atoms with van der Waals surface area (Å²) < 4.78 is 5.67. The van der Waals surface area contributed by atoms with Crippen molar-refractivity contribution < 1.29 is 4.74 Å². The minimum Gasteiger partial charge on any atom is -0.494 e. The van der Waals surface area contributed by atoms with Crippen LogP contribution >= 0.6 is 0 Å². The molecule has 0 aliphatic rings. The first-order chi connectivity index (χ1) is 10.1. The van der Waals surface area contributed by atoms with E-state index in [2.05, 4.69) is 4.99 Å². The van der Waals surface area contributed by atoms with Gasteiger partial charge in [0, 0.05) is 34.7 Å². The van der Waals surface area contributed by atoms with Crippen LogP contribution in [0.1, 0.15) is 25.7 Å². The van der Waals surface area contributed by atoms with E-state index in [1.807, 2.05) is 68.3 Å². The molecule has 0 heterocycles. The van der Waals surface area contributed by atoms with Gasteiger partial charge in [0.05, 0.1) is 6.61 Å². The molecule has 0 saturated heterocycles. The summed E-state index contributed by atoms with van der Waals surface area (Å²) in [6.07, 6.45) is 4.64. The van der Waals surface area contributed by atoms with Gasteiger partial charge in [-0.05, 0) is 31.4 Å². The largest absolute Gasteiger partial charge is 0.494 e. The summed E-state index contributed by atoms with van der Waals surface area (Å²) in [5.41, 5.74) is 0. The van der Waals surface area contributed by atoms with E-state index in [0.29, 0.717) is 0 Å². The lowest BCUT2D eigenvalue weighted by atomic mass is 10.2. The van der Waals surface area contributed by atoms with E-state index in [-0.39, 0.29) is 0 Å². The lowest BCUT2D eigenvalue weighted by molar-refractivity contribution is 0.305. The van der Waals surface area contributed by atoms with Crippen molar-refractivity contribution in [2.24, 2.45) is 4.99 Å². The fourth-order valence-corrected chi connectivity index (χ4v) is 2.14. The van der Waals surface area contributed by atoms with E-state index in [9.17, 15) is 0 Å². The van der Waals surface area contributed by atoms with Gasteiger partial charge in [0.25, 0.3) is 0 Å². The molecule has 1 aromatic carbocycles. The Hall–Kier alpha value is -1.71. The summed E-state index contributed by atoms with van der Waals surface area (Å²) in [6.45, 7) is 1.69. The third-order valence-corrected chi connectivity index (χ3v) is 3.12. The van der Waals surface area contributed by atoms with Crippen molar-refractivity contribution in [3.05, 3.63) is 30.3 Å². The molecule has 0 N–H and O–H groups in total. The quantitative estimate of drug-likeness (QED) is 0.418. The maximum Gasteiger partial charge on any atom is 0.195 e. The fourth-order valence-electron chi connectivity index (χ4n) is 2.14. The van der Waals surface area contributed by atoms with Gasteiger partial charge in [-0.3, -0.25) is 4.99 Å². The van der Waals surface area contributed by atoms with Gasteiger partial charge in [-0.2, -0.15) is 0 Å². The van der Waals surface area contributed by atoms with Crippen LogP contribution in [0.2, 0.25) is 0 Å². The number of nitrogens with zero attached hydrogens (tertiary/aromatic N) is 3. The van der Waals surface area contributed by atoms with Gasteiger partial charge in [0.1, 0.15) is 5.75 Å². The average Bonchev–Trinajstić information content (AvgIpc) is 2.45. The Morgan fingerprint density at radius 1 is 0.905 bits per heavy atom. The minimum absolute atomic E-state index is 0.800. The summed E-state index contributed by atoms with van der Waals surface area (Å²) in [5.74, 6) is 1.99. The standard InChI is InChI=1S/C17H29N3O/c1-19(2)17(20(3)4)18-14-10-5-6-11-15-21-16-12-8-7-9-13-16/h7-9,12-13H,5-6,10-11,14-15H2,1-4H3. The SMILES string of the molecule is CN(C)C(=NCCCCCCOc1ccccc1)N(C)C. The smallest absolute Gasteiger partial charge is 0.195 e. The predicted molar refractivity (Wildman–Crippen MR) is 90.1 cm³/mol. The van der Waals surface area contributed by atoms with Gasteiger partial charge in [-0.25, -0.2) is 0 Å². The number of ether oxygens (including phenoxy) is 1. The number of benzene rings is 1. The topological polar surface area (TPSA) is 28.1 Å². The molecule has 118 valence electrons. The Morgan fingerprint density at radius 2 is 1.52 bits per heavy atom. The number of rotatable bonds is 8. The summed E-state index contributed by atoms with van der Waals surface area (Å²) in [5, 5.41) is 0. The molecule has 0 bridgehead atoms. The van der Waals surface area contributed by atoms with Crippen molar-refractivity contribution in [1.82, 2.24) is 9.80 Å². The van der Waals surface area contributed by atoms with Crippen LogP contribution in [0.25, 0.3) is 0 Å². The molecule has 0 unspecified atom stereocenters. The van der Waals surface area contributed by atoms with Crippen LogP contribution in [0.15, 0.2) is 35.3 Å². The molecule has 0 atom stereocenters. The van der Waals surface area contributed by atoms with Gasteiger partial charge >= 0.3 is 0 Å². The van der Waals surface area contributed by atoms with Gasteiger partial charge in [0.2, 0.25) is 0 Å². The summed E-state index contributed by atoms with van der Waals surface area (Å²) in [7, 11) is 8.11. The highest BCUT2D eigenvalue weighted by Crippen LogP contribution is 2.09. The van der Waals surface area contributed by atoms with E-state index in [4.69, 9.17) is 4.74 Å². The number of hydrogen-bond acceptors (Lipinski definition) is 2. The molecule has 0 fully saturated rings. The lowest BCUT2D eigenvalue weighted by Crippen LogP contribution is -2.35. The zero-order valence-electron chi connectivity index (χ0n) is 13.9. The van der Waals surface area contributed by atoms with Crippen molar-refractivity contribution in [3.8, 4) is 5.75 Å². The summed E-state index contributed by atoms with van der Waals surface area (Å²) in [6, 6.07) is 10.0. The van der Waals surface area contributed by atoms with E-state index in [1.165, 1.54) is 12.8 Å². The number of para-hydroxylation sites is 1. The van der Waals surface area contributed by atoms with E-state index in [1.54, 1.807) is 0 Å². The van der Waals surface area contributed by atoms with Gasteiger partial charge in [0.15, 0.2) is 5.96 Å². The highest BCUT2D eigenvalue weighted by Gasteiger charge is 2.02. The molecule has 0 radical (unpaired) electrons. The third-order valence-electron chi connectivity index (χ3n) is 3.12. The highest BCUT2D eigenvalue weighted by atomic mass is 16.5. The summed E-state index contributed by atoms with van der Waals surface area (Å²) >= 11 is 0. The summed E-state index contributed by atoms with van der Waals surface area (Å²) in [4.78, 5) is 8.72. The van der Waals surface area contributed by atoms with E-state index < -0.39 is 0 Å². The normalized spacial score (nSPS) is 10.1. The zero-order chi connectivity index (χ0) is 15.5. The molecule has 0 aliphatic heterocycles. The number of unbranched alkanes of at least 4 members (excludes halogenated alkanes) is 3. The highest BCUT2D eigenvalue weighted by molar-refractivity contribution is 5.79. The molecular formula is C17H29N3O. The second kappa shape index (κ2) is 10.1. The van der Waals surface area contributed by atoms with Crippen molar-refractivity contribution in [3.63, 3.8) is 0 Å². The zero-order valence-corrected chi connectivity index (χ0v) is 13.9. The van der Waals surface area contributed by atoms with Gasteiger partial charge in [-0.1, -0.05) is 24.6 Å². The van der Waals surface area contributed by atoms with Crippen LogP contribution < -0.4 is 4.74 Å². The van der Waals surface area contributed by atoms with Gasteiger partial charge < -0.3 is 14.5 Å². The molecular weight excluding hydrogens is 262 g/mol. The van der Waals surface area contributed by atoms with Gasteiger partial charge in [-0.15, -0.1) is 0 Å². The maximum absolute atomic E-state index is 5.67. The van der Waals surface area contributed by atoms with Crippen molar-refractivity contribution in [2.45, 2.75) is 25.7 Å². The Balaban J connectivity index is 2.05. The maximum atomic E-state index is 5.67. The lowest BCUT2D eigenvalue weighted by Gasteiger charge is -2.22. The van der Waals surface area contributed by atoms with Crippen molar-refractivity contribution in [1.29, 1.82) is 0 Å². The molecule has 4 nitrogen and oxygen atoms in total. The Bertz CT molecular complexity index is 392. The van der Waals surface area contributed by atoms with Crippen LogP contribution in [-0.4, -0.2) is 57.1 Å². The Morgan fingerprint density at radius 3 is 2.14 bits per heavy atom. The minimum atomic E-state index is 0.800. The van der Waals surface area contributed by atoms with E-state index in [0.717, 1.165) is 37.7 Å². The number of aliphatic imine (C=N–C) groups is 1. The van der Waals surface area contributed by atoms with Crippen molar-refractivity contribution in [2.75, 3.05) is 41.3 Å². The predicted octanol–water partition coefficient (Wildman–Crippen LogP) is 3.11. The molecule has 1 aromatic rings. The second-order valence-corrected chi connectivity index (χ2v) is 5.55. The van der Waals surface area contributed by atoms with Crippen LogP contribution in [0.3, 0.4) is 0 Å². The molecule has 1 rings (SSSR count). The third kappa shape index (κ3) is 7.59. The number of guanidine groups is 1. The Kier molecular flexibility index (Phi) is 8.32. The van der Waals surface area contributed by atoms with Crippen molar-refractivity contribution >= 4 is 5.96 Å². The molecule has 4 heteroatoms. The Labute approximate surface area is 129 Å². The first kappa shape index (κ1) is 17.3. The molecule has 0 amide bonds. The van der Waals surface area contributed by atoms with Crippen LogP contribution in [-0.2, 0) is 0 Å². The second-order valence-electron chi connectivity index (χ2n) is 5.55. The molecule has 0 aromatic heterocycles. The molecule has 21 heavy (non-hydrogen) atoms. The fraction of sp³-hybridized carbons (Fsp3) is 0.588. The number of hydrogen-bond donors (Lipinski definition) is 0.